The lowest BCUT2D eigenvalue weighted by Crippen LogP contribution is -1.95. The van der Waals surface area contributed by atoms with Crippen molar-refractivity contribution in [2.75, 3.05) is 0 Å². The lowest BCUT2D eigenvalue weighted by Gasteiger charge is -2.10. The Kier molecular flexibility index (Phi) is 10.9. The molecule has 0 aliphatic heterocycles. The van der Waals surface area contributed by atoms with E-state index in [1.165, 1.54) is 83.5 Å². The molecule has 1 rings (SSSR count). The Labute approximate surface area is 121 Å². The fourth-order valence-corrected chi connectivity index (χ4v) is 3.06. The topological polar surface area (TPSA) is 0 Å². The van der Waals surface area contributed by atoms with Gasteiger partial charge in [0.15, 0.2) is 0 Å². The Morgan fingerprint density at radius 3 is 1.89 bits per heavy atom. The first kappa shape index (κ1) is 16.5. The second kappa shape index (κ2) is 12.5. The van der Waals surface area contributed by atoms with E-state index in [0.29, 0.717) is 0 Å². The fraction of sp³-hybridized carbons (Fsp3) is 0.789. The molecule has 0 saturated carbocycles. The highest BCUT2D eigenvalue weighted by Crippen LogP contribution is 2.19. The Balaban J connectivity index is 2.29. The molecule has 0 aromatic carbocycles. The average molecular weight is 262 g/mol. The third-order valence-corrected chi connectivity index (χ3v) is 4.32. The summed E-state index contributed by atoms with van der Waals surface area (Å²) in [4.78, 5) is 0. The van der Waals surface area contributed by atoms with Gasteiger partial charge < -0.3 is 0 Å². The molecule has 0 heteroatoms. The minimum Gasteiger partial charge on any atom is -0.103 e. The van der Waals surface area contributed by atoms with Gasteiger partial charge >= 0.3 is 0 Å². The highest BCUT2D eigenvalue weighted by molar-refractivity contribution is 4.91. The molecule has 0 fully saturated rings. The van der Waals surface area contributed by atoms with Gasteiger partial charge in [-0.3, -0.25) is 0 Å². The normalized spacial score (nSPS) is 24.9. The van der Waals surface area contributed by atoms with Gasteiger partial charge in [-0.2, -0.15) is 0 Å². The number of rotatable bonds is 2. The molecular formula is C19H34. The van der Waals surface area contributed by atoms with Crippen LogP contribution in [0, 0.1) is 5.92 Å². The van der Waals surface area contributed by atoms with Gasteiger partial charge in [0.25, 0.3) is 0 Å². The molecule has 0 aromatic rings. The van der Waals surface area contributed by atoms with Crippen LogP contribution >= 0.6 is 0 Å². The van der Waals surface area contributed by atoms with Crippen molar-refractivity contribution in [3.8, 4) is 0 Å². The van der Waals surface area contributed by atoms with Crippen LogP contribution in [0.4, 0.5) is 0 Å². The summed E-state index contributed by atoms with van der Waals surface area (Å²) in [5.41, 5.74) is 0. The van der Waals surface area contributed by atoms with Crippen LogP contribution in [0.2, 0.25) is 0 Å². The first-order valence-electron chi connectivity index (χ1n) is 8.71. The van der Waals surface area contributed by atoms with Gasteiger partial charge in [-0.15, -0.1) is 6.58 Å². The minimum absolute atomic E-state index is 0.755. The summed E-state index contributed by atoms with van der Waals surface area (Å²) >= 11 is 0. The van der Waals surface area contributed by atoms with Crippen LogP contribution in [0.1, 0.15) is 89.9 Å². The van der Waals surface area contributed by atoms with Crippen molar-refractivity contribution in [3.63, 3.8) is 0 Å². The van der Waals surface area contributed by atoms with Gasteiger partial charge in [0.1, 0.15) is 0 Å². The largest absolute Gasteiger partial charge is 0.103 e. The Hall–Kier alpha value is -0.520. The fourth-order valence-electron chi connectivity index (χ4n) is 3.06. The predicted octanol–water partition coefficient (Wildman–Crippen LogP) is 6.82. The standard InChI is InChI=1S/C19H34/c1-2-16-19-17-14-12-10-8-6-4-3-5-7-9-11-13-15-18-19/h2,14,17,19H,1,3-13,15-16,18H2. The molecule has 0 heterocycles. The van der Waals surface area contributed by atoms with Crippen LogP contribution in [0.3, 0.4) is 0 Å². The summed E-state index contributed by atoms with van der Waals surface area (Å²) in [7, 11) is 0. The molecule has 19 heavy (non-hydrogen) atoms. The monoisotopic (exact) mass is 262 g/mol. The number of hydrogen-bond acceptors (Lipinski definition) is 0. The molecule has 1 aliphatic carbocycles. The van der Waals surface area contributed by atoms with E-state index in [-0.39, 0.29) is 0 Å². The van der Waals surface area contributed by atoms with Crippen molar-refractivity contribution in [1.29, 1.82) is 0 Å². The molecule has 0 radical (unpaired) electrons. The van der Waals surface area contributed by atoms with E-state index >= 15 is 0 Å². The van der Waals surface area contributed by atoms with E-state index in [0.717, 1.165) is 12.3 Å². The second-order valence-electron chi connectivity index (χ2n) is 6.18. The Bertz CT molecular complexity index is 226. The zero-order chi connectivity index (χ0) is 13.6. The van der Waals surface area contributed by atoms with E-state index in [1.807, 2.05) is 0 Å². The first-order valence-corrected chi connectivity index (χ1v) is 8.71. The average Bonchev–Trinajstić information content (AvgIpc) is 2.41. The molecule has 1 unspecified atom stereocenters. The molecule has 1 aliphatic rings. The van der Waals surface area contributed by atoms with E-state index in [9.17, 15) is 0 Å². The molecule has 0 aromatic heterocycles. The van der Waals surface area contributed by atoms with Gasteiger partial charge in [-0.25, -0.2) is 0 Å². The van der Waals surface area contributed by atoms with E-state index in [4.69, 9.17) is 0 Å². The van der Waals surface area contributed by atoms with Gasteiger partial charge in [-0.1, -0.05) is 82.4 Å². The van der Waals surface area contributed by atoms with Crippen molar-refractivity contribution in [2.45, 2.75) is 89.9 Å². The van der Waals surface area contributed by atoms with Gasteiger partial charge in [0.2, 0.25) is 0 Å². The summed E-state index contributed by atoms with van der Waals surface area (Å²) < 4.78 is 0. The SMILES string of the molecule is C=CCC1C=CCCCCCCCCCCCCC1. The molecule has 110 valence electrons. The maximum Gasteiger partial charge on any atom is -0.0199 e. The first-order chi connectivity index (χ1) is 9.43. The Morgan fingerprint density at radius 2 is 1.32 bits per heavy atom. The molecule has 0 saturated heterocycles. The highest BCUT2D eigenvalue weighted by Gasteiger charge is 2.02. The van der Waals surface area contributed by atoms with Crippen LogP contribution < -0.4 is 0 Å². The van der Waals surface area contributed by atoms with Crippen molar-refractivity contribution in [1.82, 2.24) is 0 Å². The molecule has 1 atom stereocenters. The zero-order valence-corrected chi connectivity index (χ0v) is 12.9. The van der Waals surface area contributed by atoms with Gasteiger partial charge in [-0.05, 0) is 31.6 Å². The van der Waals surface area contributed by atoms with Crippen molar-refractivity contribution >= 4 is 0 Å². The quantitative estimate of drug-likeness (QED) is 0.479. The summed E-state index contributed by atoms with van der Waals surface area (Å²) in [6.07, 6.45) is 26.7. The van der Waals surface area contributed by atoms with E-state index in [2.05, 4.69) is 24.8 Å². The summed E-state index contributed by atoms with van der Waals surface area (Å²) in [6.45, 7) is 3.90. The summed E-state index contributed by atoms with van der Waals surface area (Å²) in [5, 5.41) is 0. The minimum atomic E-state index is 0.755. The molecule has 0 nitrogen and oxygen atoms in total. The number of allylic oxidation sites excluding steroid dienone is 3. The maximum atomic E-state index is 3.90. The van der Waals surface area contributed by atoms with Crippen LogP contribution in [0.25, 0.3) is 0 Å². The lowest BCUT2D eigenvalue weighted by molar-refractivity contribution is 0.506. The summed E-state index contributed by atoms with van der Waals surface area (Å²) in [6, 6.07) is 0. The highest BCUT2D eigenvalue weighted by atomic mass is 14.1. The van der Waals surface area contributed by atoms with Crippen molar-refractivity contribution in [3.05, 3.63) is 24.8 Å². The lowest BCUT2D eigenvalue weighted by atomic mass is 9.95. The van der Waals surface area contributed by atoms with Crippen LogP contribution in [-0.2, 0) is 0 Å². The van der Waals surface area contributed by atoms with E-state index in [1.54, 1.807) is 0 Å². The molecular weight excluding hydrogens is 228 g/mol. The third-order valence-electron chi connectivity index (χ3n) is 4.32. The van der Waals surface area contributed by atoms with E-state index < -0.39 is 0 Å². The molecule has 0 N–H and O–H groups in total. The number of hydrogen-bond donors (Lipinski definition) is 0. The van der Waals surface area contributed by atoms with Gasteiger partial charge in [0, 0.05) is 0 Å². The maximum absolute atomic E-state index is 3.90. The van der Waals surface area contributed by atoms with Crippen LogP contribution in [0.15, 0.2) is 24.8 Å². The van der Waals surface area contributed by atoms with Crippen molar-refractivity contribution < 1.29 is 0 Å². The second-order valence-corrected chi connectivity index (χ2v) is 6.18. The van der Waals surface area contributed by atoms with Gasteiger partial charge in [0.05, 0.1) is 0 Å². The summed E-state index contributed by atoms with van der Waals surface area (Å²) in [5.74, 6) is 0.755. The molecule has 0 amide bonds. The smallest absolute Gasteiger partial charge is 0.0199 e. The van der Waals surface area contributed by atoms with Crippen molar-refractivity contribution in [2.24, 2.45) is 5.92 Å². The third kappa shape index (κ3) is 9.99. The van der Waals surface area contributed by atoms with Crippen LogP contribution in [-0.4, -0.2) is 0 Å². The Morgan fingerprint density at radius 1 is 0.789 bits per heavy atom. The molecule has 0 spiro atoms. The molecule has 0 bridgehead atoms. The van der Waals surface area contributed by atoms with Crippen LogP contribution in [0.5, 0.6) is 0 Å². The zero-order valence-electron chi connectivity index (χ0n) is 12.9. The predicted molar refractivity (Wildman–Crippen MR) is 87.5 cm³/mol.